The van der Waals surface area contributed by atoms with Gasteiger partial charge in [0.05, 0.1) is 0 Å². The van der Waals surface area contributed by atoms with Crippen LogP contribution >= 0.6 is 0 Å². The van der Waals surface area contributed by atoms with Crippen molar-refractivity contribution in [2.45, 2.75) is 69.4 Å². The zero-order valence-corrected chi connectivity index (χ0v) is 13.8. The number of hydrogen-bond acceptors (Lipinski definition) is 4. The SMILES string of the molecule is CC(C)[C@]12C[C@@H]3CC[C@@H]4C5=C(CC[C@H]4[C@@]34O[C@H]4[C@H]1O2)C(=O)OC5. The van der Waals surface area contributed by atoms with E-state index in [0.717, 1.165) is 18.4 Å². The number of rotatable bonds is 1. The van der Waals surface area contributed by atoms with Gasteiger partial charge in [-0.05, 0) is 61.3 Å². The first-order chi connectivity index (χ1) is 11.1. The molecule has 23 heavy (non-hydrogen) atoms. The molecule has 0 aromatic carbocycles. The van der Waals surface area contributed by atoms with Crippen molar-refractivity contribution in [3.63, 3.8) is 0 Å². The zero-order valence-electron chi connectivity index (χ0n) is 13.8. The van der Waals surface area contributed by atoms with Crippen molar-refractivity contribution >= 4 is 5.97 Å². The van der Waals surface area contributed by atoms with Crippen molar-refractivity contribution in [2.24, 2.45) is 23.7 Å². The molecule has 3 aliphatic heterocycles. The second-order valence-corrected chi connectivity index (χ2v) is 8.85. The molecule has 0 unspecified atom stereocenters. The van der Waals surface area contributed by atoms with Gasteiger partial charge in [0.2, 0.25) is 0 Å². The van der Waals surface area contributed by atoms with Crippen LogP contribution in [0.5, 0.6) is 0 Å². The molecule has 0 N–H and O–H groups in total. The third-order valence-corrected chi connectivity index (χ3v) is 7.98. The fourth-order valence-corrected chi connectivity index (χ4v) is 6.75. The van der Waals surface area contributed by atoms with E-state index in [1.165, 1.54) is 24.8 Å². The normalized spacial score (nSPS) is 55.4. The van der Waals surface area contributed by atoms with E-state index < -0.39 is 0 Å². The third kappa shape index (κ3) is 1.37. The monoisotopic (exact) mass is 316 g/mol. The van der Waals surface area contributed by atoms with Crippen molar-refractivity contribution in [1.82, 2.24) is 0 Å². The predicted molar refractivity (Wildman–Crippen MR) is 81.6 cm³/mol. The maximum absolute atomic E-state index is 11.9. The molecule has 4 fully saturated rings. The van der Waals surface area contributed by atoms with Crippen LogP contribution in [-0.4, -0.2) is 36.0 Å². The lowest BCUT2D eigenvalue weighted by atomic mass is 9.54. The molecule has 0 amide bonds. The minimum Gasteiger partial charge on any atom is -0.458 e. The summed E-state index contributed by atoms with van der Waals surface area (Å²) in [5.74, 6) is 2.26. The Hall–Kier alpha value is -0.870. The number of ether oxygens (including phenoxy) is 3. The lowest BCUT2D eigenvalue weighted by Gasteiger charge is -2.47. The molecule has 6 aliphatic rings. The van der Waals surface area contributed by atoms with Crippen LogP contribution in [0, 0.1) is 23.7 Å². The van der Waals surface area contributed by atoms with Crippen LogP contribution in [0.3, 0.4) is 0 Å². The van der Waals surface area contributed by atoms with E-state index in [1.54, 1.807) is 0 Å². The molecule has 6 rings (SSSR count). The van der Waals surface area contributed by atoms with Crippen LogP contribution in [-0.2, 0) is 19.0 Å². The molecule has 3 aliphatic carbocycles. The molecular formula is C19H24O4. The first-order valence-electron chi connectivity index (χ1n) is 9.32. The van der Waals surface area contributed by atoms with Gasteiger partial charge in [-0.25, -0.2) is 4.79 Å². The van der Waals surface area contributed by atoms with Crippen LogP contribution in [0.4, 0.5) is 0 Å². The van der Waals surface area contributed by atoms with Gasteiger partial charge in [0, 0.05) is 5.57 Å². The average Bonchev–Trinajstić information content (AvgIpc) is 3.40. The highest BCUT2D eigenvalue weighted by Crippen LogP contribution is 2.72. The molecular weight excluding hydrogens is 292 g/mol. The number of hydrogen-bond donors (Lipinski definition) is 0. The van der Waals surface area contributed by atoms with E-state index >= 15 is 0 Å². The van der Waals surface area contributed by atoms with Crippen molar-refractivity contribution in [3.8, 4) is 0 Å². The third-order valence-electron chi connectivity index (χ3n) is 7.98. The van der Waals surface area contributed by atoms with Crippen molar-refractivity contribution < 1.29 is 19.0 Å². The molecule has 2 saturated carbocycles. The number of esters is 1. The molecule has 7 atom stereocenters. The summed E-state index contributed by atoms with van der Waals surface area (Å²) in [6, 6.07) is 0. The summed E-state index contributed by atoms with van der Waals surface area (Å²) in [5, 5.41) is 0. The summed E-state index contributed by atoms with van der Waals surface area (Å²) in [7, 11) is 0. The van der Waals surface area contributed by atoms with Crippen LogP contribution in [0.25, 0.3) is 0 Å². The fourth-order valence-electron chi connectivity index (χ4n) is 6.75. The predicted octanol–water partition coefficient (Wildman–Crippen LogP) is 2.61. The Morgan fingerprint density at radius 2 is 2.00 bits per heavy atom. The molecule has 4 heteroatoms. The summed E-state index contributed by atoms with van der Waals surface area (Å²) in [4.78, 5) is 11.9. The summed E-state index contributed by atoms with van der Waals surface area (Å²) in [5.41, 5.74) is 2.47. The Bertz CT molecular complexity index is 652. The molecule has 1 spiro atoms. The second kappa shape index (κ2) is 3.85. The van der Waals surface area contributed by atoms with Crippen molar-refractivity contribution in [3.05, 3.63) is 11.1 Å². The Labute approximate surface area is 136 Å². The molecule has 0 aromatic rings. The highest BCUT2D eigenvalue weighted by molar-refractivity contribution is 5.92. The lowest BCUT2D eigenvalue weighted by Crippen LogP contribution is -2.51. The summed E-state index contributed by atoms with van der Waals surface area (Å²) < 4.78 is 18.0. The number of carbonyl (C=O) groups excluding carboxylic acids is 1. The van der Waals surface area contributed by atoms with E-state index in [9.17, 15) is 4.79 Å². The number of epoxide rings is 2. The van der Waals surface area contributed by atoms with Crippen LogP contribution in [0.15, 0.2) is 11.1 Å². The second-order valence-electron chi connectivity index (χ2n) is 8.85. The van der Waals surface area contributed by atoms with E-state index in [4.69, 9.17) is 14.2 Å². The molecule has 3 heterocycles. The van der Waals surface area contributed by atoms with Gasteiger partial charge in [0.1, 0.15) is 30.0 Å². The topological polar surface area (TPSA) is 51.4 Å². The molecule has 0 bridgehead atoms. The molecule has 4 nitrogen and oxygen atoms in total. The summed E-state index contributed by atoms with van der Waals surface area (Å²) >= 11 is 0. The smallest absolute Gasteiger partial charge is 0.334 e. The Kier molecular flexibility index (Phi) is 2.25. The minimum absolute atomic E-state index is 0.0562. The van der Waals surface area contributed by atoms with Crippen LogP contribution in [0.1, 0.15) is 46.0 Å². The van der Waals surface area contributed by atoms with Crippen LogP contribution < -0.4 is 0 Å². The molecule has 0 aromatic heterocycles. The van der Waals surface area contributed by atoms with Crippen molar-refractivity contribution in [2.75, 3.05) is 6.61 Å². The van der Waals surface area contributed by atoms with E-state index in [1.807, 2.05) is 0 Å². The highest BCUT2D eigenvalue weighted by atomic mass is 16.7. The number of carbonyl (C=O) groups is 1. The average molecular weight is 316 g/mol. The van der Waals surface area contributed by atoms with Gasteiger partial charge < -0.3 is 14.2 Å². The quantitative estimate of drug-likeness (QED) is 0.551. The van der Waals surface area contributed by atoms with Gasteiger partial charge in [0.15, 0.2) is 0 Å². The van der Waals surface area contributed by atoms with Gasteiger partial charge in [-0.3, -0.25) is 0 Å². The number of cyclic esters (lactones) is 1. The van der Waals surface area contributed by atoms with Crippen LogP contribution in [0.2, 0.25) is 0 Å². The van der Waals surface area contributed by atoms with Gasteiger partial charge in [-0.15, -0.1) is 0 Å². The fraction of sp³-hybridized carbons (Fsp3) is 0.842. The van der Waals surface area contributed by atoms with E-state index in [2.05, 4.69) is 13.8 Å². The first kappa shape index (κ1) is 13.4. The minimum atomic E-state index is -0.0562. The number of fused-ring (bicyclic) bond motifs is 4. The van der Waals surface area contributed by atoms with Crippen molar-refractivity contribution in [1.29, 1.82) is 0 Å². The van der Waals surface area contributed by atoms with Gasteiger partial charge in [-0.1, -0.05) is 13.8 Å². The molecule has 2 saturated heterocycles. The summed E-state index contributed by atoms with van der Waals surface area (Å²) in [6.45, 7) is 5.12. The zero-order chi connectivity index (χ0) is 15.6. The largest absolute Gasteiger partial charge is 0.458 e. The highest BCUT2D eigenvalue weighted by Gasteiger charge is 2.83. The maximum Gasteiger partial charge on any atom is 0.334 e. The van der Waals surface area contributed by atoms with Gasteiger partial charge in [0.25, 0.3) is 0 Å². The Morgan fingerprint density at radius 3 is 2.83 bits per heavy atom. The van der Waals surface area contributed by atoms with E-state index in [-0.39, 0.29) is 17.2 Å². The molecule has 124 valence electrons. The summed E-state index contributed by atoms with van der Waals surface area (Å²) in [6.07, 6.45) is 6.21. The lowest BCUT2D eigenvalue weighted by molar-refractivity contribution is -0.136. The Morgan fingerprint density at radius 1 is 1.13 bits per heavy atom. The standard InChI is InChI=1S/C19H24O4/c1-9(2)18-7-10-3-4-11-13-8-21-17(20)12(13)5-6-14(11)19(10)16(23-19)15(18)22-18/h9-11,14-16H,3-8H2,1-2H3/t10-,11+,14+,15+,16-,18+,19-/m0/s1. The van der Waals surface area contributed by atoms with Gasteiger partial charge in [-0.2, -0.15) is 0 Å². The van der Waals surface area contributed by atoms with E-state index in [0.29, 0.717) is 42.5 Å². The first-order valence-corrected chi connectivity index (χ1v) is 9.32. The molecule has 0 radical (unpaired) electrons. The van der Waals surface area contributed by atoms with Gasteiger partial charge >= 0.3 is 5.97 Å². The Balaban J connectivity index is 1.36. The maximum atomic E-state index is 11.9.